The van der Waals surface area contributed by atoms with E-state index in [1.165, 1.54) is 0 Å². The lowest BCUT2D eigenvalue weighted by Crippen LogP contribution is -2.39. The number of aliphatic carboxylic acids is 1. The highest BCUT2D eigenvalue weighted by molar-refractivity contribution is 5.98. The molecular formula is C18H22N2O3. The first-order valence-corrected chi connectivity index (χ1v) is 8.22. The maximum atomic E-state index is 12.6. The summed E-state index contributed by atoms with van der Waals surface area (Å²) in [4.78, 5) is 23.6. The van der Waals surface area contributed by atoms with Crippen LogP contribution in [0.2, 0.25) is 0 Å². The number of fused-ring (bicyclic) bond motifs is 1. The van der Waals surface area contributed by atoms with Crippen molar-refractivity contribution in [3.63, 3.8) is 0 Å². The molecule has 0 saturated heterocycles. The molecule has 122 valence electrons. The van der Waals surface area contributed by atoms with Crippen LogP contribution in [0.4, 0.5) is 0 Å². The lowest BCUT2D eigenvalue weighted by atomic mass is 9.86. The second kappa shape index (κ2) is 6.44. The summed E-state index contributed by atoms with van der Waals surface area (Å²) in [5.41, 5.74) is 1.74. The summed E-state index contributed by atoms with van der Waals surface area (Å²) in [6.07, 6.45) is 2.73. The van der Waals surface area contributed by atoms with E-state index in [9.17, 15) is 9.59 Å². The number of hydrogen-bond acceptors (Lipinski definition) is 2. The Kier molecular flexibility index (Phi) is 4.37. The summed E-state index contributed by atoms with van der Waals surface area (Å²) in [5, 5.41) is 13.2. The smallest absolute Gasteiger partial charge is 0.306 e. The molecule has 3 rings (SSSR count). The topological polar surface area (TPSA) is 71.3 Å². The van der Waals surface area contributed by atoms with Gasteiger partial charge in [-0.1, -0.05) is 18.2 Å². The van der Waals surface area contributed by atoms with E-state index in [0.29, 0.717) is 18.5 Å². The van der Waals surface area contributed by atoms with Gasteiger partial charge < -0.3 is 15.0 Å². The van der Waals surface area contributed by atoms with Crippen molar-refractivity contribution in [2.75, 3.05) is 0 Å². The molecule has 1 aromatic carbocycles. The highest BCUT2D eigenvalue weighted by Crippen LogP contribution is 2.25. The molecular weight excluding hydrogens is 292 g/mol. The summed E-state index contributed by atoms with van der Waals surface area (Å²) >= 11 is 0. The largest absolute Gasteiger partial charge is 0.481 e. The molecule has 0 bridgehead atoms. The van der Waals surface area contributed by atoms with E-state index in [1.807, 2.05) is 41.8 Å². The van der Waals surface area contributed by atoms with Crippen LogP contribution in [0.1, 0.15) is 43.1 Å². The second-order valence-electron chi connectivity index (χ2n) is 6.19. The number of carboxylic acids is 1. The minimum absolute atomic E-state index is 0.0678. The lowest BCUT2D eigenvalue weighted by molar-refractivity contribution is -0.142. The Hall–Kier alpha value is -2.30. The Balaban J connectivity index is 1.73. The SMILES string of the molecule is CCn1c(C(=O)NC2CCC(C(=O)O)CC2)cc2ccccc21. The first-order chi connectivity index (χ1) is 11.1. The van der Waals surface area contributed by atoms with E-state index in [2.05, 4.69) is 5.32 Å². The molecule has 5 heteroatoms. The van der Waals surface area contributed by atoms with Gasteiger partial charge in [-0.15, -0.1) is 0 Å². The molecule has 2 aromatic rings. The van der Waals surface area contributed by atoms with Crippen LogP contribution in [-0.4, -0.2) is 27.6 Å². The summed E-state index contributed by atoms with van der Waals surface area (Å²) in [6.45, 7) is 2.77. The predicted molar refractivity (Wildman–Crippen MR) is 88.5 cm³/mol. The number of carbonyl (C=O) groups is 2. The van der Waals surface area contributed by atoms with E-state index in [1.54, 1.807) is 0 Å². The number of nitrogens with one attached hydrogen (secondary N) is 1. The van der Waals surface area contributed by atoms with Crippen molar-refractivity contribution in [1.29, 1.82) is 0 Å². The Morgan fingerprint density at radius 3 is 2.57 bits per heavy atom. The van der Waals surface area contributed by atoms with Crippen LogP contribution in [-0.2, 0) is 11.3 Å². The minimum atomic E-state index is -0.721. The second-order valence-corrected chi connectivity index (χ2v) is 6.19. The number of aromatic nitrogens is 1. The molecule has 5 nitrogen and oxygen atoms in total. The van der Waals surface area contributed by atoms with Gasteiger partial charge in [0.05, 0.1) is 5.92 Å². The highest BCUT2D eigenvalue weighted by atomic mass is 16.4. The monoisotopic (exact) mass is 314 g/mol. The van der Waals surface area contributed by atoms with Gasteiger partial charge in [-0.25, -0.2) is 0 Å². The zero-order valence-corrected chi connectivity index (χ0v) is 13.3. The molecule has 1 saturated carbocycles. The van der Waals surface area contributed by atoms with Crippen LogP contribution < -0.4 is 5.32 Å². The van der Waals surface area contributed by atoms with E-state index in [0.717, 1.165) is 30.3 Å². The average Bonchev–Trinajstić information content (AvgIpc) is 2.94. The van der Waals surface area contributed by atoms with E-state index in [-0.39, 0.29) is 17.9 Å². The molecule has 1 aliphatic rings. The van der Waals surface area contributed by atoms with Crippen LogP contribution in [0.25, 0.3) is 10.9 Å². The van der Waals surface area contributed by atoms with Crippen molar-refractivity contribution >= 4 is 22.8 Å². The fourth-order valence-corrected chi connectivity index (χ4v) is 3.48. The van der Waals surface area contributed by atoms with Crippen molar-refractivity contribution in [3.05, 3.63) is 36.0 Å². The highest BCUT2D eigenvalue weighted by Gasteiger charge is 2.27. The first kappa shape index (κ1) is 15.6. The van der Waals surface area contributed by atoms with Crippen molar-refractivity contribution < 1.29 is 14.7 Å². The lowest BCUT2D eigenvalue weighted by Gasteiger charge is -2.26. The summed E-state index contributed by atoms with van der Waals surface area (Å²) < 4.78 is 2.02. The molecule has 1 aliphatic carbocycles. The van der Waals surface area contributed by atoms with Gasteiger partial charge in [-0.2, -0.15) is 0 Å². The third-order valence-corrected chi connectivity index (χ3v) is 4.77. The number of carboxylic acid groups (broad SMARTS) is 1. The standard InChI is InChI=1S/C18H22N2O3/c1-2-20-15-6-4-3-5-13(15)11-16(20)17(21)19-14-9-7-12(8-10-14)18(22)23/h3-6,11-12,14H,2,7-10H2,1H3,(H,19,21)(H,22,23). The molecule has 0 atom stereocenters. The maximum Gasteiger partial charge on any atom is 0.306 e. The molecule has 0 aliphatic heterocycles. The van der Waals surface area contributed by atoms with Crippen molar-refractivity contribution in [3.8, 4) is 0 Å². The zero-order valence-electron chi connectivity index (χ0n) is 13.3. The maximum absolute atomic E-state index is 12.6. The molecule has 23 heavy (non-hydrogen) atoms. The van der Waals surface area contributed by atoms with Gasteiger partial charge in [-0.05, 0) is 44.7 Å². The quantitative estimate of drug-likeness (QED) is 0.911. The zero-order chi connectivity index (χ0) is 16.4. The predicted octanol–water partition coefficient (Wildman–Crippen LogP) is 3.03. The Morgan fingerprint density at radius 2 is 1.91 bits per heavy atom. The Bertz CT molecular complexity index is 727. The van der Waals surface area contributed by atoms with Gasteiger partial charge in [0.15, 0.2) is 0 Å². The Labute approximate surface area is 135 Å². The van der Waals surface area contributed by atoms with Gasteiger partial charge in [0.1, 0.15) is 5.69 Å². The number of rotatable bonds is 4. The van der Waals surface area contributed by atoms with Gasteiger partial charge in [0, 0.05) is 23.5 Å². The molecule has 0 spiro atoms. The summed E-state index contributed by atoms with van der Waals surface area (Å²) in [7, 11) is 0. The van der Waals surface area contributed by atoms with Crippen LogP contribution in [0.15, 0.2) is 30.3 Å². The van der Waals surface area contributed by atoms with Crippen LogP contribution >= 0.6 is 0 Å². The van der Waals surface area contributed by atoms with Crippen molar-refractivity contribution in [1.82, 2.24) is 9.88 Å². The molecule has 1 heterocycles. The molecule has 1 fully saturated rings. The number of aryl methyl sites for hydroxylation is 1. The van der Waals surface area contributed by atoms with Crippen molar-refractivity contribution in [2.45, 2.75) is 45.2 Å². The molecule has 2 N–H and O–H groups in total. The van der Waals surface area contributed by atoms with E-state index in [4.69, 9.17) is 5.11 Å². The van der Waals surface area contributed by atoms with Crippen molar-refractivity contribution in [2.24, 2.45) is 5.92 Å². The van der Waals surface area contributed by atoms with Gasteiger partial charge in [-0.3, -0.25) is 9.59 Å². The van der Waals surface area contributed by atoms with Gasteiger partial charge >= 0.3 is 5.97 Å². The summed E-state index contributed by atoms with van der Waals surface area (Å²) in [6, 6.07) is 9.98. The fourth-order valence-electron chi connectivity index (χ4n) is 3.48. The molecule has 1 aromatic heterocycles. The number of hydrogen-bond donors (Lipinski definition) is 2. The third kappa shape index (κ3) is 3.09. The van der Waals surface area contributed by atoms with Crippen LogP contribution in [0, 0.1) is 5.92 Å². The minimum Gasteiger partial charge on any atom is -0.481 e. The molecule has 0 unspecified atom stereocenters. The average molecular weight is 314 g/mol. The van der Waals surface area contributed by atoms with E-state index < -0.39 is 5.97 Å². The van der Waals surface area contributed by atoms with Crippen LogP contribution in [0.5, 0.6) is 0 Å². The Morgan fingerprint density at radius 1 is 1.22 bits per heavy atom. The number of para-hydroxylation sites is 1. The van der Waals surface area contributed by atoms with Gasteiger partial charge in [0.25, 0.3) is 5.91 Å². The van der Waals surface area contributed by atoms with E-state index >= 15 is 0 Å². The fraction of sp³-hybridized carbons (Fsp3) is 0.444. The normalized spacial score (nSPS) is 21.3. The molecule has 1 amide bonds. The number of benzene rings is 1. The number of amides is 1. The third-order valence-electron chi connectivity index (χ3n) is 4.77. The number of nitrogens with zero attached hydrogens (tertiary/aromatic N) is 1. The van der Waals surface area contributed by atoms with Gasteiger partial charge in [0.2, 0.25) is 0 Å². The first-order valence-electron chi connectivity index (χ1n) is 8.22. The van der Waals surface area contributed by atoms with Crippen LogP contribution in [0.3, 0.4) is 0 Å². The number of carbonyl (C=O) groups excluding carboxylic acids is 1. The molecule has 0 radical (unpaired) electrons. The summed E-state index contributed by atoms with van der Waals surface area (Å²) in [5.74, 6) is -1.05.